The Hall–Kier alpha value is -1.03. The summed E-state index contributed by atoms with van der Waals surface area (Å²) >= 11 is 1.35. The summed E-state index contributed by atoms with van der Waals surface area (Å²) in [5.74, 6) is 0.279. The molecule has 0 heterocycles. The Labute approximate surface area is 92.8 Å². The van der Waals surface area contributed by atoms with Crippen LogP contribution < -0.4 is 0 Å². The van der Waals surface area contributed by atoms with E-state index in [9.17, 15) is 9.18 Å². The highest BCUT2D eigenvalue weighted by Gasteiger charge is 2.04. The first-order valence-electron chi connectivity index (χ1n) is 4.70. The summed E-state index contributed by atoms with van der Waals surface area (Å²) in [6.07, 6.45) is 0. The van der Waals surface area contributed by atoms with Gasteiger partial charge in [-0.1, -0.05) is 18.2 Å². The molecule has 15 heavy (non-hydrogen) atoms. The summed E-state index contributed by atoms with van der Waals surface area (Å²) < 4.78 is 17.9. The van der Waals surface area contributed by atoms with E-state index in [0.717, 1.165) is 0 Å². The second-order valence-electron chi connectivity index (χ2n) is 2.89. The van der Waals surface area contributed by atoms with Gasteiger partial charge >= 0.3 is 5.97 Å². The number of rotatable bonds is 5. The average molecular weight is 228 g/mol. The number of ether oxygens (including phenoxy) is 1. The van der Waals surface area contributed by atoms with Crippen LogP contribution >= 0.6 is 11.8 Å². The first-order valence-corrected chi connectivity index (χ1v) is 5.86. The highest BCUT2D eigenvalue weighted by atomic mass is 32.2. The molecule has 0 aromatic heterocycles. The summed E-state index contributed by atoms with van der Waals surface area (Å²) in [5.41, 5.74) is 0.617. The third kappa shape index (κ3) is 4.34. The molecule has 0 atom stereocenters. The second kappa shape index (κ2) is 6.45. The van der Waals surface area contributed by atoms with Crippen molar-refractivity contribution in [2.75, 3.05) is 12.4 Å². The van der Waals surface area contributed by atoms with Crippen LogP contribution in [0.4, 0.5) is 4.39 Å². The Morgan fingerprint density at radius 2 is 2.20 bits per heavy atom. The average Bonchev–Trinajstić information content (AvgIpc) is 2.21. The predicted molar refractivity (Wildman–Crippen MR) is 59.2 cm³/mol. The molecular formula is C11H13FO2S. The van der Waals surface area contributed by atoms with Gasteiger partial charge in [-0.2, -0.15) is 0 Å². The molecule has 2 nitrogen and oxygen atoms in total. The fourth-order valence-corrected chi connectivity index (χ4v) is 1.87. The van der Waals surface area contributed by atoms with Gasteiger partial charge < -0.3 is 4.74 Å². The van der Waals surface area contributed by atoms with Crippen molar-refractivity contribution < 1.29 is 13.9 Å². The lowest BCUT2D eigenvalue weighted by Crippen LogP contribution is -2.06. The van der Waals surface area contributed by atoms with Gasteiger partial charge in [0.1, 0.15) is 5.82 Å². The highest BCUT2D eigenvalue weighted by molar-refractivity contribution is 7.99. The van der Waals surface area contributed by atoms with Crippen LogP contribution in [0.15, 0.2) is 24.3 Å². The molecule has 1 rings (SSSR count). The van der Waals surface area contributed by atoms with Crippen LogP contribution in [0, 0.1) is 5.82 Å². The zero-order valence-corrected chi connectivity index (χ0v) is 9.35. The Morgan fingerprint density at radius 1 is 1.47 bits per heavy atom. The van der Waals surface area contributed by atoms with E-state index in [0.29, 0.717) is 17.9 Å². The van der Waals surface area contributed by atoms with Gasteiger partial charge in [-0.15, -0.1) is 11.8 Å². The van der Waals surface area contributed by atoms with Crippen molar-refractivity contribution >= 4 is 17.7 Å². The van der Waals surface area contributed by atoms with E-state index in [-0.39, 0.29) is 17.5 Å². The molecule has 4 heteroatoms. The molecule has 0 N–H and O–H groups in total. The minimum absolute atomic E-state index is 0.228. The standard InChI is InChI=1S/C11H13FO2S/c1-2-14-11(13)8-15-7-9-5-3-4-6-10(9)12/h3-6H,2,7-8H2,1H3. The Balaban J connectivity index is 2.32. The summed E-state index contributed by atoms with van der Waals surface area (Å²) in [6.45, 7) is 2.15. The maximum atomic E-state index is 13.1. The predicted octanol–water partition coefficient (Wildman–Crippen LogP) is 2.62. The van der Waals surface area contributed by atoms with E-state index in [4.69, 9.17) is 4.74 Å². The van der Waals surface area contributed by atoms with Crippen molar-refractivity contribution in [3.8, 4) is 0 Å². The fourth-order valence-electron chi connectivity index (χ4n) is 1.06. The molecule has 0 unspecified atom stereocenters. The molecule has 1 aromatic rings. The van der Waals surface area contributed by atoms with Crippen molar-refractivity contribution in [3.63, 3.8) is 0 Å². The van der Waals surface area contributed by atoms with Crippen molar-refractivity contribution in [1.29, 1.82) is 0 Å². The Bertz CT molecular complexity index is 328. The van der Waals surface area contributed by atoms with Crippen LogP contribution in [0.25, 0.3) is 0 Å². The largest absolute Gasteiger partial charge is 0.465 e. The Kier molecular flexibility index (Phi) is 5.18. The van der Waals surface area contributed by atoms with E-state index >= 15 is 0 Å². The molecular weight excluding hydrogens is 215 g/mol. The third-order valence-corrected chi connectivity index (χ3v) is 2.70. The minimum atomic E-state index is -0.251. The van der Waals surface area contributed by atoms with Crippen LogP contribution in [0.2, 0.25) is 0 Å². The van der Waals surface area contributed by atoms with Crippen LogP contribution in [0.5, 0.6) is 0 Å². The maximum absolute atomic E-state index is 13.1. The number of carbonyl (C=O) groups is 1. The molecule has 0 radical (unpaired) electrons. The quantitative estimate of drug-likeness (QED) is 0.725. The third-order valence-electron chi connectivity index (χ3n) is 1.74. The SMILES string of the molecule is CCOC(=O)CSCc1ccccc1F. The van der Waals surface area contributed by atoms with E-state index in [1.165, 1.54) is 17.8 Å². The number of hydrogen-bond acceptors (Lipinski definition) is 3. The molecule has 0 amide bonds. The molecule has 0 aliphatic rings. The van der Waals surface area contributed by atoms with Gasteiger partial charge in [-0.05, 0) is 18.6 Å². The van der Waals surface area contributed by atoms with Gasteiger partial charge in [0.05, 0.1) is 12.4 Å². The molecule has 1 aromatic carbocycles. The summed E-state index contributed by atoms with van der Waals surface area (Å²) in [5, 5.41) is 0. The fraction of sp³-hybridized carbons (Fsp3) is 0.364. The molecule has 0 aliphatic heterocycles. The van der Waals surface area contributed by atoms with Crippen molar-refractivity contribution in [1.82, 2.24) is 0 Å². The molecule has 0 fully saturated rings. The zero-order chi connectivity index (χ0) is 11.1. The number of thioether (sulfide) groups is 1. The number of benzene rings is 1. The van der Waals surface area contributed by atoms with Crippen molar-refractivity contribution in [2.45, 2.75) is 12.7 Å². The second-order valence-corrected chi connectivity index (χ2v) is 3.87. The number of hydrogen-bond donors (Lipinski definition) is 0. The van der Waals surface area contributed by atoms with Gasteiger partial charge in [0.25, 0.3) is 0 Å². The molecule has 0 bridgehead atoms. The number of esters is 1. The molecule has 0 saturated carbocycles. The first-order chi connectivity index (χ1) is 7.24. The lowest BCUT2D eigenvalue weighted by atomic mass is 10.2. The monoisotopic (exact) mass is 228 g/mol. The molecule has 0 aliphatic carbocycles. The highest BCUT2D eigenvalue weighted by Crippen LogP contribution is 2.15. The number of carbonyl (C=O) groups excluding carboxylic acids is 1. The van der Waals surface area contributed by atoms with Gasteiger partial charge in [0, 0.05) is 5.75 Å². The van der Waals surface area contributed by atoms with Gasteiger partial charge in [0.2, 0.25) is 0 Å². The van der Waals surface area contributed by atoms with E-state index in [2.05, 4.69) is 0 Å². The molecule has 82 valence electrons. The smallest absolute Gasteiger partial charge is 0.315 e. The zero-order valence-electron chi connectivity index (χ0n) is 8.53. The van der Waals surface area contributed by atoms with Gasteiger partial charge in [-0.25, -0.2) is 4.39 Å². The molecule has 0 spiro atoms. The first kappa shape index (κ1) is 12.0. The summed E-state index contributed by atoms with van der Waals surface area (Å²) in [6, 6.07) is 6.56. The van der Waals surface area contributed by atoms with Crippen LogP contribution in [-0.4, -0.2) is 18.3 Å². The molecule has 0 saturated heterocycles. The minimum Gasteiger partial charge on any atom is -0.465 e. The topological polar surface area (TPSA) is 26.3 Å². The van der Waals surface area contributed by atoms with Crippen molar-refractivity contribution in [2.24, 2.45) is 0 Å². The summed E-state index contributed by atoms with van der Waals surface area (Å²) in [7, 11) is 0. The van der Waals surface area contributed by atoms with Crippen LogP contribution in [0.3, 0.4) is 0 Å². The maximum Gasteiger partial charge on any atom is 0.315 e. The normalized spacial score (nSPS) is 10.0. The number of halogens is 1. The van der Waals surface area contributed by atoms with Gasteiger partial charge in [-0.3, -0.25) is 4.79 Å². The summed E-state index contributed by atoms with van der Waals surface area (Å²) in [4.78, 5) is 11.0. The van der Waals surface area contributed by atoms with Crippen molar-refractivity contribution in [3.05, 3.63) is 35.6 Å². The van der Waals surface area contributed by atoms with Gasteiger partial charge in [0.15, 0.2) is 0 Å². The lowest BCUT2D eigenvalue weighted by molar-refractivity contribution is -0.139. The lowest BCUT2D eigenvalue weighted by Gasteiger charge is -2.03. The van der Waals surface area contributed by atoms with E-state index in [1.54, 1.807) is 25.1 Å². The Morgan fingerprint density at radius 3 is 2.87 bits per heavy atom. The van der Waals surface area contributed by atoms with E-state index < -0.39 is 0 Å². The van der Waals surface area contributed by atoms with Crippen LogP contribution in [-0.2, 0) is 15.3 Å². The van der Waals surface area contributed by atoms with Crippen LogP contribution in [0.1, 0.15) is 12.5 Å². The van der Waals surface area contributed by atoms with E-state index in [1.807, 2.05) is 0 Å².